The monoisotopic (exact) mass is 349 g/mol. The first kappa shape index (κ1) is 16.3. The number of ketones is 1. The smallest absolute Gasteiger partial charge is 0.344 e. The van der Waals surface area contributed by atoms with Gasteiger partial charge in [0.1, 0.15) is 5.82 Å². The second-order valence-corrected chi connectivity index (χ2v) is 6.14. The van der Waals surface area contributed by atoms with Crippen LogP contribution in [0.5, 0.6) is 0 Å². The number of esters is 1. The summed E-state index contributed by atoms with van der Waals surface area (Å²) in [6.07, 6.45) is 0. The summed E-state index contributed by atoms with van der Waals surface area (Å²) in [5.41, 5.74) is -0.613. The fourth-order valence-electron chi connectivity index (χ4n) is 3.47. The standard InChI is InChI=1S/C21H16FNO3/c1-2-26-20(25)21(14-7-5-8-15(22)12-14)19(24)17-11-10-13-6-3-4-9-16(13)18(17)23-21/h3-12,23H,2H2,1H3/t21-/m1/s1. The van der Waals surface area contributed by atoms with Gasteiger partial charge in [-0.05, 0) is 36.1 Å². The topological polar surface area (TPSA) is 55.4 Å². The number of nitrogens with one attached hydrogen (secondary N) is 1. The van der Waals surface area contributed by atoms with Gasteiger partial charge in [0.2, 0.25) is 11.3 Å². The van der Waals surface area contributed by atoms with Crippen LogP contribution in [0.3, 0.4) is 0 Å². The van der Waals surface area contributed by atoms with E-state index in [0.717, 1.165) is 10.8 Å². The van der Waals surface area contributed by atoms with Crippen molar-refractivity contribution in [2.75, 3.05) is 11.9 Å². The minimum atomic E-state index is -1.79. The van der Waals surface area contributed by atoms with Gasteiger partial charge < -0.3 is 10.1 Å². The van der Waals surface area contributed by atoms with E-state index in [-0.39, 0.29) is 12.2 Å². The van der Waals surface area contributed by atoms with Gasteiger partial charge in [0, 0.05) is 10.9 Å². The molecule has 0 saturated heterocycles. The predicted octanol–water partition coefficient (Wildman–Crippen LogP) is 4.05. The van der Waals surface area contributed by atoms with Crippen molar-refractivity contribution in [2.24, 2.45) is 0 Å². The van der Waals surface area contributed by atoms with E-state index in [1.807, 2.05) is 30.3 Å². The van der Waals surface area contributed by atoms with Crippen molar-refractivity contribution < 1.29 is 18.7 Å². The van der Waals surface area contributed by atoms with Gasteiger partial charge in [0.15, 0.2) is 0 Å². The predicted molar refractivity (Wildman–Crippen MR) is 96.6 cm³/mol. The second-order valence-electron chi connectivity index (χ2n) is 6.14. The number of halogens is 1. The molecule has 0 spiro atoms. The van der Waals surface area contributed by atoms with Crippen LogP contribution in [-0.2, 0) is 15.1 Å². The molecule has 0 amide bonds. The van der Waals surface area contributed by atoms with Crippen LogP contribution in [0.25, 0.3) is 10.8 Å². The van der Waals surface area contributed by atoms with Crippen molar-refractivity contribution in [3.05, 3.63) is 77.6 Å². The van der Waals surface area contributed by atoms with Crippen LogP contribution in [-0.4, -0.2) is 18.4 Å². The lowest BCUT2D eigenvalue weighted by atomic mass is 9.85. The summed E-state index contributed by atoms with van der Waals surface area (Å²) in [6.45, 7) is 1.78. The lowest BCUT2D eigenvalue weighted by Gasteiger charge is -2.26. The van der Waals surface area contributed by atoms with Crippen molar-refractivity contribution in [3.63, 3.8) is 0 Å². The number of hydrogen-bond acceptors (Lipinski definition) is 4. The van der Waals surface area contributed by atoms with E-state index in [2.05, 4.69) is 5.32 Å². The highest BCUT2D eigenvalue weighted by atomic mass is 19.1. The molecule has 0 unspecified atom stereocenters. The van der Waals surface area contributed by atoms with Crippen LogP contribution in [0.1, 0.15) is 22.8 Å². The molecule has 1 aliphatic rings. The Labute approximate surface area is 149 Å². The largest absolute Gasteiger partial charge is 0.464 e. The Morgan fingerprint density at radius 1 is 1.12 bits per heavy atom. The first-order chi connectivity index (χ1) is 12.6. The van der Waals surface area contributed by atoms with Gasteiger partial charge in [-0.3, -0.25) is 4.79 Å². The van der Waals surface area contributed by atoms with E-state index >= 15 is 0 Å². The van der Waals surface area contributed by atoms with Gasteiger partial charge >= 0.3 is 5.97 Å². The third-order valence-corrected chi connectivity index (χ3v) is 4.67. The molecular formula is C21H16FNO3. The fraction of sp³-hybridized carbons (Fsp3) is 0.143. The van der Waals surface area contributed by atoms with E-state index in [1.54, 1.807) is 19.1 Å². The van der Waals surface area contributed by atoms with Gasteiger partial charge in [0.25, 0.3) is 0 Å². The summed E-state index contributed by atoms with van der Waals surface area (Å²) >= 11 is 0. The van der Waals surface area contributed by atoms with E-state index in [0.29, 0.717) is 11.3 Å². The Hall–Kier alpha value is -3.21. The molecule has 1 heterocycles. The molecule has 0 fully saturated rings. The van der Waals surface area contributed by atoms with Gasteiger partial charge in [-0.2, -0.15) is 0 Å². The summed E-state index contributed by atoms with van der Waals surface area (Å²) in [4.78, 5) is 26.2. The molecular weight excluding hydrogens is 333 g/mol. The molecule has 5 heteroatoms. The zero-order valence-electron chi connectivity index (χ0n) is 14.1. The molecule has 130 valence electrons. The lowest BCUT2D eigenvalue weighted by molar-refractivity contribution is -0.146. The first-order valence-corrected chi connectivity index (χ1v) is 8.36. The second kappa shape index (κ2) is 5.95. The van der Waals surface area contributed by atoms with Gasteiger partial charge in [-0.25, -0.2) is 9.18 Å². The maximum Gasteiger partial charge on any atom is 0.344 e. The molecule has 0 radical (unpaired) electrons. The van der Waals surface area contributed by atoms with E-state index in [1.165, 1.54) is 18.2 Å². The third kappa shape index (κ3) is 2.20. The highest BCUT2D eigenvalue weighted by molar-refractivity contribution is 6.27. The minimum Gasteiger partial charge on any atom is -0.464 e. The van der Waals surface area contributed by atoms with Crippen LogP contribution < -0.4 is 5.32 Å². The zero-order valence-corrected chi connectivity index (χ0v) is 14.1. The molecule has 0 aliphatic carbocycles. The van der Waals surface area contributed by atoms with E-state index in [9.17, 15) is 14.0 Å². The Morgan fingerprint density at radius 3 is 2.69 bits per heavy atom. The summed E-state index contributed by atoms with van der Waals surface area (Å²) in [7, 11) is 0. The molecule has 1 atom stereocenters. The van der Waals surface area contributed by atoms with Crippen molar-refractivity contribution in [3.8, 4) is 0 Å². The average molecular weight is 349 g/mol. The van der Waals surface area contributed by atoms with E-state index in [4.69, 9.17) is 4.74 Å². The number of fused-ring (bicyclic) bond motifs is 3. The third-order valence-electron chi connectivity index (χ3n) is 4.67. The Morgan fingerprint density at radius 2 is 1.92 bits per heavy atom. The summed E-state index contributed by atoms with van der Waals surface area (Å²) < 4.78 is 19.0. The van der Waals surface area contributed by atoms with Crippen LogP contribution in [0.15, 0.2) is 60.7 Å². The Bertz CT molecular complexity index is 1050. The SMILES string of the molecule is CCOC(=O)[C@]1(c2cccc(F)c2)Nc2c(ccc3ccccc23)C1=O. The fourth-order valence-corrected chi connectivity index (χ4v) is 3.47. The highest BCUT2D eigenvalue weighted by Crippen LogP contribution is 2.43. The maximum atomic E-state index is 13.9. The van der Waals surface area contributed by atoms with Gasteiger partial charge in [-0.1, -0.05) is 42.5 Å². The number of carbonyl (C=O) groups is 2. The quantitative estimate of drug-likeness (QED) is 0.573. The molecule has 4 nitrogen and oxygen atoms in total. The number of rotatable bonds is 3. The van der Waals surface area contributed by atoms with Crippen LogP contribution in [0.4, 0.5) is 10.1 Å². The highest BCUT2D eigenvalue weighted by Gasteiger charge is 2.54. The van der Waals surface area contributed by atoms with Crippen molar-refractivity contribution >= 4 is 28.2 Å². The maximum absolute atomic E-state index is 13.9. The van der Waals surface area contributed by atoms with Crippen LogP contribution in [0.2, 0.25) is 0 Å². The number of hydrogen-bond donors (Lipinski definition) is 1. The molecule has 1 aliphatic heterocycles. The van der Waals surface area contributed by atoms with E-state index < -0.39 is 23.1 Å². The zero-order chi connectivity index (χ0) is 18.3. The van der Waals surface area contributed by atoms with Crippen LogP contribution >= 0.6 is 0 Å². The minimum absolute atomic E-state index is 0.113. The molecule has 3 aromatic carbocycles. The molecule has 3 aromatic rings. The summed E-state index contributed by atoms with van der Waals surface area (Å²) in [5.74, 6) is -1.71. The molecule has 26 heavy (non-hydrogen) atoms. The molecule has 4 rings (SSSR count). The molecule has 0 bridgehead atoms. The number of carbonyl (C=O) groups excluding carboxylic acids is 2. The molecule has 0 aromatic heterocycles. The lowest BCUT2D eigenvalue weighted by Crippen LogP contribution is -2.47. The number of benzene rings is 3. The molecule has 0 saturated carbocycles. The average Bonchev–Trinajstić information content (AvgIpc) is 2.96. The summed E-state index contributed by atoms with van der Waals surface area (Å²) in [6, 6.07) is 16.6. The van der Waals surface area contributed by atoms with Crippen LogP contribution in [0, 0.1) is 5.82 Å². The van der Waals surface area contributed by atoms with Crippen molar-refractivity contribution in [2.45, 2.75) is 12.5 Å². The van der Waals surface area contributed by atoms with Gasteiger partial charge in [-0.15, -0.1) is 0 Å². The summed E-state index contributed by atoms with van der Waals surface area (Å²) in [5, 5.41) is 4.83. The Kier molecular flexibility index (Phi) is 3.72. The van der Waals surface area contributed by atoms with Gasteiger partial charge in [0.05, 0.1) is 12.3 Å². The number of anilines is 1. The van der Waals surface area contributed by atoms with Crippen molar-refractivity contribution in [1.29, 1.82) is 0 Å². The number of Topliss-reactive ketones (excluding diaryl/α,β-unsaturated/α-hetero) is 1. The Balaban J connectivity index is 1.97. The number of ether oxygens (including phenoxy) is 1. The first-order valence-electron chi connectivity index (χ1n) is 8.36. The molecule has 1 N–H and O–H groups in total. The van der Waals surface area contributed by atoms with Crippen molar-refractivity contribution in [1.82, 2.24) is 0 Å². The normalized spacial score (nSPS) is 18.5.